The quantitative estimate of drug-likeness (QED) is 0.812. The maximum atomic E-state index is 12.9. The standard InChI is InChI=1S/C15H11F3N4S/c16-15(17,18)10-4-1-3-9(7-10)12-11(8-19)13(20)22-5-2-6-23-14(22)21-12/h1,3-4,7,20H,2,5-6H2. The summed E-state index contributed by atoms with van der Waals surface area (Å²) < 4.78 is 40.3. The van der Waals surface area contributed by atoms with Crippen LogP contribution in [0.2, 0.25) is 0 Å². The molecular weight excluding hydrogens is 325 g/mol. The first-order chi connectivity index (χ1) is 10.9. The average molecular weight is 336 g/mol. The van der Waals surface area contributed by atoms with Gasteiger partial charge in [-0.3, -0.25) is 5.41 Å². The number of rotatable bonds is 1. The highest BCUT2D eigenvalue weighted by atomic mass is 32.2. The van der Waals surface area contributed by atoms with Gasteiger partial charge < -0.3 is 4.57 Å². The van der Waals surface area contributed by atoms with E-state index in [0.29, 0.717) is 11.7 Å². The van der Waals surface area contributed by atoms with Crippen LogP contribution in [0.5, 0.6) is 0 Å². The Kier molecular flexibility index (Phi) is 3.90. The molecule has 3 rings (SSSR count). The van der Waals surface area contributed by atoms with Gasteiger partial charge in [-0.25, -0.2) is 4.98 Å². The second-order valence-electron chi connectivity index (χ2n) is 5.01. The fraction of sp³-hybridized carbons (Fsp3) is 0.267. The summed E-state index contributed by atoms with van der Waals surface area (Å²) in [6.07, 6.45) is -3.60. The predicted octanol–water partition coefficient (Wildman–Crippen LogP) is 3.42. The molecule has 0 atom stereocenters. The lowest BCUT2D eigenvalue weighted by Crippen LogP contribution is -2.29. The van der Waals surface area contributed by atoms with Gasteiger partial charge in [0.2, 0.25) is 0 Å². The van der Waals surface area contributed by atoms with Gasteiger partial charge in [0, 0.05) is 17.9 Å². The van der Waals surface area contributed by atoms with Gasteiger partial charge in [-0.05, 0) is 18.6 Å². The van der Waals surface area contributed by atoms with Crippen molar-refractivity contribution < 1.29 is 13.2 Å². The Hall–Kier alpha value is -2.27. The molecule has 2 heterocycles. The van der Waals surface area contributed by atoms with E-state index in [1.165, 1.54) is 23.9 Å². The molecule has 0 saturated carbocycles. The van der Waals surface area contributed by atoms with E-state index in [1.54, 1.807) is 4.57 Å². The SMILES string of the molecule is N#Cc1c(-c2cccc(C(F)(F)F)c2)nc2n(c1=N)CCCS2. The lowest BCUT2D eigenvalue weighted by Gasteiger charge is -2.19. The van der Waals surface area contributed by atoms with Gasteiger partial charge in [-0.15, -0.1) is 0 Å². The molecule has 1 aliphatic heterocycles. The van der Waals surface area contributed by atoms with Crippen LogP contribution in [-0.4, -0.2) is 15.3 Å². The molecule has 8 heteroatoms. The van der Waals surface area contributed by atoms with Crippen molar-refractivity contribution >= 4 is 11.8 Å². The van der Waals surface area contributed by atoms with E-state index in [4.69, 9.17) is 5.41 Å². The van der Waals surface area contributed by atoms with Crippen LogP contribution in [0.3, 0.4) is 0 Å². The largest absolute Gasteiger partial charge is 0.416 e. The number of fused-ring (bicyclic) bond motifs is 1. The van der Waals surface area contributed by atoms with E-state index < -0.39 is 11.7 Å². The molecule has 1 aromatic carbocycles. The van der Waals surface area contributed by atoms with Crippen molar-refractivity contribution in [1.29, 1.82) is 10.7 Å². The molecular formula is C15H11F3N4S. The topological polar surface area (TPSA) is 65.5 Å². The van der Waals surface area contributed by atoms with Crippen LogP contribution < -0.4 is 5.49 Å². The second-order valence-corrected chi connectivity index (χ2v) is 6.07. The molecule has 2 aromatic rings. The number of hydrogen-bond donors (Lipinski definition) is 1. The number of hydrogen-bond acceptors (Lipinski definition) is 4. The van der Waals surface area contributed by atoms with Crippen LogP contribution in [-0.2, 0) is 12.7 Å². The third-order valence-electron chi connectivity index (χ3n) is 3.51. The summed E-state index contributed by atoms with van der Waals surface area (Å²) >= 11 is 1.44. The molecule has 0 fully saturated rings. The number of thioether (sulfide) groups is 1. The molecule has 1 N–H and O–H groups in total. The minimum atomic E-state index is -4.47. The van der Waals surface area contributed by atoms with Crippen LogP contribution in [0.15, 0.2) is 29.4 Å². The maximum absolute atomic E-state index is 12.9. The zero-order chi connectivity index (χ0) is 16.6. The molecule has 0 aliphatic carbocycles. The lowest BCUT2D eigenvalue weighted by molar-refractivity contribution is -0.137. The van der Waals surface area contributed by atoms with Gasteiger partial charge in [0.05, 0.1) is 11.3 Å². The monoisotopic (exact) mass is 336 g/mol. The number of nitrogens with zero attached hydrogens (tertiary/aromatic N) is 3. The zero-order valence-electron chi connectivity index (χ0n) is 11.8. The van der Waals surface area contributed by atoms with Crippen molar-refractivity contribution in [1.82, 2.24) is 9.55 Å². The van der Waals surface area contributed by atoms with Crippen LogP contribution in [0.4, 0.5) is 13.2 Å². The molecule has 0 saturated heterocycles. The molecule has 23 heavy (non-hydrogen) atoms. The van der Waals surface area contributed by atoms with Gasteiger partial charge in [-0.1, -0.05) is 23.9 Å². The highest BCUT2D eigenvalue weighted by Crippen LogP contribution is 2.33. The van der Waals surface area contributed by atoms with E-state index in [9.17, 15) is 18.4 Å². The Bertz CT molecular complexity index is 864. The summed E-state index contributed by atoms with van der Waals surface area (Å²) in [4.78, 5) is 4.35. The van der Waals surface area contributed by atoms with E-state index in [2.05, 4.69) is 4.98 Å². The van der Waals surface area contributed by atoms with Crippen LogP contribution >= 0.6 is 11.8 Å². The number of halogens is 3. The van der Waals surface area contributed by atoms with Gasteiger partial charge in [-0.2, -0.15) is 18.4 Å². The predicted molar refractivity (Wildman–Crippen MR) is 78.6 cm³/mol. The zero-order valence-corrected chi connectivity index (χ0v) is 12.6. The smallest absolute Gasteiger partial charge is 0.305 e. The van der Waals surface area contributed by atoms with Crippen molar-refractivity contribution in [3.05, 3.63) is 40.9 Å². The Morgan fingerprint density at radius 1 is 1.35 bits per heavy atom. The first kappa shape index (κ1) is 15.6. The molecule has 4 nitrogen and oxygen atoms in total. The van der Waals surface area contributed by atoms with Crippen molar-refractivity contribution in [2.75, 3.05) is 5.75 Å². The Morgan fingerprint density at radius 3 is 2.83 bits per heavy atom. The summed E-state index contributed by atoms with van der Waals surface area (Å²) in [5, 5.41) is 18.1. The molecule has 0 spiro atoms. The summed E-state index contributed by atoms with van der Waals surface area (Å²) in [6.45, 7) is 0.589. The normalized spacial score (nSPS) is 14.2. The van der Waals surface area contributed by atoms with Crippen LogP contribution in [0.1, 0.15) is 17.5 Å². The Labute approximate surface area is 134 Å². The Balaban J connectivity index is 2.23. The minimum absolute atomic E-state index is 0.00267. The van der Waals surface area contributed by atoms with Gasteiger partial charge in [0.15, 0.2) is 5.16 Å². The molecule has 1 aliphatic rings. The summed E-state index contributed by atoms with van der Waals surface area (Å²) in [5.74, 6) is 0.834. The second kappa shape index (κ2) is 5.74. The summed E-state index contributed by atoms with van der Waals surface area (Å²) in [7, 11) is 0. The molecule has 0 bridgehead atoms. The van der Waals surface area contributed by atoms with Gasteiger partial charge >= 0.3 is 6.18 Å². The highest BCUT2D eigenvalue weighted by Gasteiger charge is 2.31. The van der Waals surface area contributed by atoms with E-state index >= 15 is 0 Å². The molecule has 0 unspecified atom stereocenters. The first-order valence-electron chi connectivity index (χ1n) is 6.82. The number of benzene rings is 1. The van der Waals surface area contributed by atoms with E-state index in [1.807, 2.05) is 6.07 Å². The van der Waals surface area contributed by atoms with Gasteiger partial charge in [0.1, 0.15) is 17.1 Å². The molecule has 118 valence electrons. The van der Waals surface area contributed by atoms with E-state index in [-0.39, 0.29) is 22.3 Å². The number of nitrogens with one attached hydrogen (secondary N) is 1. The molecule has 1 aromatic heterocycles. The third kappa shape index (κ3) is 2.84. The summed E-state index contributed by atoms with van der Waals surface area (Å²) in [6, 6.07) is 6.60. The molecule has 0 radical (unpaired) electrons. The van der Waals surface area contributed by atoms with Crippen molar-refractivity contribution in [3.63, 3.8) is 0 Å². The number of nitriles is 1. The fourth-order valence-electron chi connectivity index (χ4n) is 2.42. The van der Waals surface area contributed by atoms with Crippen molar-refractivity contribution in [3.8, 4) is 17.3 Å². The number of aromatic nitrogens is 2. The van der Waals surface area contributed by atoms with Crippen LogP contribution in [0, 0.1) is 16.7 Å². The van der Waals surface area contributed by atoms with Gasteiger partial charge in [0.25, 0.3) is 0 Å². The first-order valence-corrected chi connectivity index (χ1v) is 7.80. The highest BCUT2D eigenvalue weighted by molar-refractivity contribution is 7.99. The average Bonchev–Trinajstić information content (AvgIpc) is 2.54. The summed E-state index contributed by atoms with van der Waals surface area (Å²) in [5.41, 5.74) is -0.485. The molecule has 0 amide bonds. The fourth-order valence-corrected chi connectivity index (χ4v) is 3.37. The maximum Gasteiger partial charge on any atom is 0.416 e. The lowest BCUT2D eigenvalue weighted by atomic mass is 10.0. The third-order valence-corrected chi connectivity index (χ3v) is 4.58. The van der Waals surface area contributed by atoms with Crippen LogP contribution in [0.25, 0.3) is 11.3 Å². The van der Waals surface area contributed by atoms with Crippen molar-refractivity contribution in [2.45, 2.75) is 24.3 Å². The van der Waals surface area contributed by atoms with E-state index in [0.717, 1.165) is 24.3 Å². The Morgan fingerprint density at radius 2 is 2.13 bits per heavy atom. The van der Waals surface area contributed by atoms with Crippen molar-refractivity contribution in [2.24, 2.45) is 0 Å². The number of alkyl halides is 3. The minimum Gasteiger partial charge on any atom is -0.305 e.